The average Bonchev–Trinajstić information content (AvgIpc) is 2.37. The van der Waals surface area contributed by atoms with E-state index in [0.29, 0.717) is 0 Å². The Kier molecular flexibility index (Phi) is 4.75. The van der Waals surface area contributed by atoms with Gasteiger partial charge in [0.05, 0.1) is 6.04 Å². The van der Waals surface area contributed by atoms with Crippen LogP contribution in [-0.4, -0.2) is 47.6 Å². The van der Waals surface area contributed by atoms with Gasteiger partial charge in [0.25, 0.3) is 0 Å². The van der Waals surface area contributed by atoms with Crippen molar-refractivity contribution in [2.24, 2.45) is 0 Å². The molecule has 1 heterocycles. The highest BCUT2D eigenvalue weighted by molar-refractivity contribution is 5.82. The summed E-state index contributed by atoms with van der Waals surface area (Å²) in [5.74, 6) is 0.171. The van der Waals surface area contributed by atoms with Gasteiger partial charge in [0.2, 0.25) is 5.91 Å². The van der Waals surface area contributed by atoms with E-state index in [9.17, 15) is 4.79 Å². The molecule has 0 aromatic rings. The fourth-order valence-electron chi connectivity index (χ4n) is 3.75. The van der Waals surface area contributed by atoms with Crippen molar-refractivity contribution in [2.75, 3.05) is 19.6 Å². The smallest absolute Gasteiger partial charge is 0.237 e. The molecule has 2 fully saturated rings. The zero-order chi connectivity index (χ0) is 14.8. The number of nitrogens with one attached hydrogen (secondary N) is 2. The Morgan fingerprint density at radius 1 is 1.25 bits per heavy atom. The Hall–Kier alpha value is -0.610. The molecule has 1 saturated heterocycles. The molecule has 1 unspecified atom stereocenters. The maximum absolute atomic E-state index is 12.5. The summed E-state index contributed by atoms with van der Waals surface area (Å²) < 4.78 is 0. The highest BCUT2D eigenvalue weighted by Gasteiger charge is 2.43. The molecule has 116 valence electrons. The van der Waals surface area contributed by atoms with E-state index in [1.54, 1.807) is 0 Å². The Balaban J connectivity index is 2.09. The Bertz CT molecular complexity index is 334. The third-order valence-electron chi connectivity index (χ3n) is 4.72. The lowest BCUT2D eigenvalue weighted by atomic mass is 9.78. The maximum Gasteiger partial charge on any atom is 0.237 e. The summed E-state index contributed by atoms with van der Waals surface area (Å²) in [6, 6.07) is -0.0329. The summed E-state index contributed by atoms with van der Waals surface area (Å²) in [6.45, 7) is 11.2. The van der Waals surface area contributed by atoms with Crippen LogP contribution in [0.5, 0.6) is 0 Å². The number of nitrogens with zero attached hydrogens (tertiary/aromatic N) is 1. The molecule has 4 nitrogen and oxygen atoms in total. The molecule has 0 aromatic carbocycles. The quantitative estimate of drug-likeness (QED) is 0.812. The third-order valence-corrected chi connectivity index (χ3v) is 4.72. The van der Waals surface area contributed by atoms with Crippen molar-refractivity contribution in [1.82, 2.24) is 15.5 Å². The largest absolute Gasteiger partial charge is 0.350 e. The predicted octanol–water partition coefficient (Wildman–Crippen LogP) is 1.90. The van der Waals surface area contributed by atoms with Gasteiger partial charge in [-0.05, 0) is 40.5 Å². The maximum atomic E-state index is 12.5. The molecule has 0 radical (unpaired) electrons. The van der Waals surface area contributed by atoms with Crippen molar-refractivity contribution in [2.45, 2.75) is 76.9 Å². The van der Waals surface area contributed by atoms with Gasteiger partial charge >= 0.3 is 0 Å². The van der Waals surface area contributed by atoms with Gasteiger partial charge in [-0.2, -0.15) is 0 Å². The van der Waals surface area contributed by atoms with E-state index in [1.807, 2.05) is 20.8 Å². The van der Waals surface area contributed by atoms with E-state index in [-0.39, 0.29) is 23.0 Å². The van der Waals surface area contributed by atoms with Gasteiger partial charge in [-0.25, -0.2) is 0 Å². The fourth-order valence-corrected chi connectivity index (χ4v) is 3.75. The molecular weight excluding hydrogens is 250 g/mol. The van der Waals surface area contributed by atoms with Crippen molar-refractivity contribution in [1.29, 1.82) is 0 Å². The van der Waals surface area contributed by atoms with Gasteiger partial charge in [0.1, 0.15) is 0 Å². The zero-order valence-electron chi connectivity index (χ0n) is 13.6. The van der Waals surface area contributed by atoms with Crippen LogP contribution in [0.2, 0.25) is 0 Å². The fraction of sp³-hybridized carbons (Fsp3) is 0.938. The standard InChI is InChI=1S/C16H31N3O/c1-13(14(20)18-15(2,3)4)19-11-10-17-12-16(19)8-6-5-7-9-16/h13,17H,5-12H2,1-4H3,(H,18,20). The number of amides is 1. The van der Waals surface area contributed by atoms with E-state index in [0.717, 1.165) is 19.6 Å². The second-order valence-electron chi connectivity index (χ2n) is 7.57. The highest BCUT2D eigenvalue weighted by atomic mass is 16.2. The lowest BCUT2D eigenvalue weighted by molar-refractivity contribution is -0.131. The average molecular weight is 281 g/mol. The summed E-state index contributed by atoms with van der Waals surface area (Å²) >= 11 is 0. The molecule has 1 aliphatic heterocycles. The minimum absolute atomic E-state index is 0.0329. The van der Waals surface area contributed by atoms with Gasteiger partial charge in [-0.3, -0.25) is 9.69 Å². The van der Waals surface area contributed by atoms with Crippen molar-refractivity contribution in [3.8, 4) is 0 Å². The SMILES string of the molecule is CC(C(=O)NC(C)(C)C)N1CCNCC12CCCCC2. The number of carbonyl (C=O) groups is 1. The van der Waals surface area contributed by atoms with E-state index in [4.69, 9.17) is 0 Å². The van der Waals surface area contributed by atoms with Crippen LogP contribution < -0.4 is 10.6 Å². The Morgan fingerprint density at radius 3 is 2.50 bits per heavy atom. The van der Waals surface area contributed by atoms with Crippen LogP contribution in [0.1, 0.15) is 59.8 Å². The van der Waals surface area contributed by atoms with Crippen molar-refractivity contribution in [3.05, 3.63) is 0 Å². The topological polar surface area (TPSA) is 44.4 Å². The number of hydrogen-bond donors (Lipinski definition) is 2. The molecule has 0 aromatic heterocycles. The van der Waals surface area contributed by atoms with Crippen molar-refractivity contribution >= 4 is 5.91 Å². The van der Waals surface area contributed by atoms with Crippen molar-refractivity contribution in [3.63, 3.8) is 0 Å². The van der Waals surface area contributed by atoms with Gasteiger partial charge in [0.15, 0.2) is 0 Å². The van der Waals surface area contributed by atoms with Crippen LogP contribution in [0.15, 0.2) is 0 Å². The molecule has 2 aliphatic rings. The van der Waals surface area contributed by atoms with E-state index in [1.165, 1.54) is 32.1 Å². The second kappa shape index (κ2) is 6.02. The van der Waals surface area contributed by atoms with Gasteiger partial charge in [-0.15, -0.1) is 0 Å². The van der Waals surface area contributed by atoms with Crippen LogP contribution in [-0.2, 0) is 4.79 Å². The molecule has 1 saturated carbocycles. The van der Waals surface area contributed by atoms with Gasteiger partial charge in [0, 0.05) is 30.7 Å². The summed E-state index contributed by atoms with van der Waals surface area (Å²) in [5, 5.41) is 6.68. The van der Waals surface area contributed by atoms with Crippen LogP contribution in [0.4, 0.5) is 0 Å². The first-order valence-corrected chi connectivity index (χ1v) is 8.14. The second-order valence-corrected chi connectivity index (χ2v) is 7.57. The first-order chi connectivity index (χ1) is 9.34. The first kappa shape index (κ1) is 15.8. The molecule has 1 aliphatic carbocycles. The lowest BCUT2D eigenvalue weighted by Gasteiger charge is -2.52. The van der Waals surface area contributed by atoms with Crippen LogP contribution in [0.25, 0.3) is 0 Å². The number of piperazine rings is 1. The minimum atomic E-state index is -0.154. The number of carbonyl (C=O) groups excluding carboxylic acids is 1. The highest BCUT2D eigenvalue weighted by Crippen LogP contribution is 2.35. The normalized spacial score (nSPS) is 25.4. The molecule has 1 atom stereocenters. The van der Waals surface area contributed by atoms with Crippen LogP contribution in [0, 0.1) is 0 Å². The molecule has 2 N–H and O–H groups in total. The van der Waals surface area contributed by atoms with E-state index >= 15 is 0 Å². The lowest BCUT2D eigenvalue weighted by Crippen LogP contribution is -2.67. The number of hydrogen-bond acceptors (Lipinski definition) is 3. The van der Waals surface area contributed by atoms with Gasteiger partial charge in [-0.1, -0.05) is 19.3 Å². The first-order valence-electron chi connectivity index (χ1n) is 8.14. The Morgan fingerprint density at radius 2 is 1.90 bits per heavy atom. The molecule has 4 heteroatoms. The summed E-state index contributed by atoms with van der Waals surface area (Å²) in [7, 11) is 0. The Labute approximate surface area is 123 Å². The molecule has 2 rings (SSSR count). The van der Waals surface area contributed by atoms with E-state index in [2.05, 4.69) is 22.5 Å². The number of rotatable bonds is 2. The summed E-state index contributed by atoms with van der Waals surface area (Å²) in [4.78, 5) is 15.0. The minimum Gasteiger partial charge on any atom is -0.350 e. The zero-order valence-corrected chi connectivity index (χ0v) is 13.6. The van der Waals surface area contributed by atoms with Gasteiger partial charge < -0.3 is 10.6 Å². The van der Waals surface area contributed by atoms with Crippen LogP contribution in [0.3, 0.4) is 0 Å². The molecular formula is C16H31N3O. The molecule has 1 spiro atoms. The monoisotopic (exact) mass is 281 g/mol. The third kappa shape index (κ3) is 3.53. The van der Waals surface area contributed by atoms with E-state index < -0.39 is 0 Å². The van der Waals surface area contributed by atoms with Crippen molar-refractivity contribution < 1.29 is 4.79 Å². The predicted molar refractivity (Wildman–Crippen MR) is 82.7 cm³/mol. The molecule has 1 amide bonds. The molecule has 0 bridgehead atoms. The van der Waals surface area contributed by atoms with Crippen LogP contribution >= 0.6 is 0 Å². The summed E-state index contributed by atoms with van der Waals surface area (Å²) in [5.41, 5.74) is 0.0598. The molecule has 20 heavy (non-hydrogen) atoms. The summed E-state index contributed by atoms with van der Waals surface area (Å²) in [6.07, 6.45) is 6.40.